The highest BCUT2D eigenvalue weighted by Crippen LogP contribution is 2.41. The first kappa shape index (κ1) is 21.2. The van der Waals surface area contributed by atoms with E-state index in [1.54, 1.807) is 11.3 Å². The topological polar surface area (TPSA) is 97.4 Å². The van der Waals surface area contributed by atoms with Gasteiger partial charge in [-0.2, -0.15) is 0 Å². The molecule has 1 heterocycles. The summed E-state index contributed by atoms with van der Waals surface area (Å²) in [4.78, 5) is 41.0. The maximum atomic E-state index is 12.7. The van der Waals surface area contributed by atoms with Crippen molar-refractivity contribution in [3.63, 3.8) is 0 Å². The van der Waals surface area contributed by atoms with Crippen LogP contribution in [-0.4, -0.2) is 35.5 Å². The highest BCUT2D eigenvalue weighted by molar-refractivity contribution is 7.18. The molecular formula is C21H27N3O4S. The van der Waals surface area contributed by atoms with Gasteiger partial charge in [0.15, 0.2) is 6.61 Å². The minimum absolute atomic E-state index is 0.00501. The Kier molecular flexibility index (Phi) is 7.19. The number of hydrogen-bond donors (Lipinski definition) is 2. The second-order valence-corrected chi connectivity index (χ2v) is 8.52. The van der Waals surface area contributed by atoms with Gasteiger partial charge in [-0.15, -0.1) is 11.3 Å². The lowest BCUT2D eigenvalue weighted by molar-refractivity contribution is -0.154. The van der Waals surface area contributed by atoms with Crippen LogP contribution in [0.25, 0.3) is 10.2 Å². The standard InChI is InChI=1S/C21H27N3O4S/c1-3-13(2)22-21(27)24-18(25)12-28-20(26)15-9-5-4-8-14(15)19-23-16-10-6-7-11-17(16)29-19/h6-7,10-11,13-15H,3-5,8-9,12H2,1-2H3,(H2,22,24,25,27)/t13-,14-,15+/m0/s1. The average molecular weight is 418 g/mol. The predicted molar refractivity (Wildman–Crippen MR) is 112 cm³/mol. The quantitative estimate of drug-likeness (QED) is 0.698. The molecule has 0 unspecified atom stereocenters. The molecule has 1 aromatic heterocycles. The number of rotatable bonds is 6. The summed E-state index contributed by atoms with van der Waals surface area (Å²) >= 11 is 1.61. The monoisotopic (exact) mass is 417 g/mol. The number of carbonyl (C=O) groups excluding carboxylic acids is 3. The predicted octanol–water partition coefficient (Wildman–Crippen LogP) is 3.74. The van der Waals surface area contributed by atoms with Gasteiger partial charge in [0.05, 0.1) is 21.1 Å². The van der Waals surface area contributed by atoms with Crippen molar-refractivity contribution in [1.82, 2.24) is 15.6 Å². The molecule has 0 aliphatic heterocycles. The van der Waals surface area contributed by atoms with E-state index >= 15 is 0 Å². The zero-order chi connectivity index (χ0) is 20.8. The van der Waals surface area contributed by atoms with Crippen molar-refractivity contribution in [2.24, 2.45) is 5.92 Å². The fourth-order valence-electron chi connectivity index (χ4n) is 3.53. The van der Waals surface area contributed by atoms with Crippen molar-refractivity contribution in [3.05, 3.63) is 29.3 Å². The number of urea groups is 1. The van der Waals surface area contributed by atoms with Gasteiger partial charge in [0.25, 0.3) is 5.91 Å². The summed E-state index contributed by atoms with van der Waals surface area (Å²) in [6, 6.07) is 7.32. The number of fused-ring (bicyclic) bond motifs is 1. The van der Waals surface area contributed by atoms with E-state index in [0.29, 0.717) is 0 Å². The summed E-state index contributed by atoms with van der Waals surface area (Å²) in [5.74, 6) is -1.34. The van der Waals surface area contributed by atoms with Gasteiger partial charge in [0, 0.05) is 12.0 Å². The molecule has 0 saturated heterocycles. The Labute approximate surface area is 174 Å². The minimum Gasteiger partial charge on any atom is -0.455 e. The number of esters is 1. The van der Waals surface area contributed by atoms with Crippen LogP contribution < -0.4 is 10.6 Å². The molecule has 156 valence electrons. The van der Waals surface area contributed by atoms with E-state index in [0.717, 1.165) is 47.3 Å². The van der Waals surface area contributed by atoms with E-state index in [-0.39, 0.29) is 17.9 Å². The largest absolute Gasteiger partial charge is 0.455 e. The highest BCUT2D eigenvalue weighted by atomic mass is 32.1. The van der Waals surface area contributed by atoms with Crippen LogP contribution in [0.3, 0.4) is 0 Å². The molecule has 3 atom stereocenters. The maximum absolute atomic E-state index is 12.7. The number of hydrogen-bond acceptors (Lipinski definition) is 6. The van der Waals surface area contributed by atoms with Gasteiger partial charge in [-0.1, -0.05) is 31.9 Å². The minimum atomic E-state index is -0.633. The van der Waals surface area contributed by atoms with Crippen molar-refractivity contribution >= 4 is 39.5 Å². The van der Waals surface area contributed by atoms with Crippen molar-refractivity contribution in [2.45, 2.75) is 57.9 Å². The zero-order valence-corrected chi connectivity index (χ0v) is 17.6. The third-order valence-electron chi connectivity index (χ3n) is 5.28. The number of amides is 3. The first-order valence-electron chi connectivity index (χ1n) is 10.1. The van der Waals surface area contributed by atoms with Crippen molar-refractivity contribution in [2.75, 3.05) is 6.61 Å². The number of aromatic nitrogens is 1. The van der Waals surface area contributed by atoms with E-state index < -0.39 is 24.5 Å². The molecule has 1 saturated carbocycles. The lowest BCUT2D eigenvalue weighted by Crippen LogP contribution is -2.45. The fraction of sp³-hybridized carbons (Fsp3) is 0.524. The SMILES string of the molecule is CC[C@H](C)NC(=O)NC(=O)COC(=O)[C@@H]1CCCC[C@@H]1c1nc2ccccc2s1. The summed E-state index contributed by atoms with van der Waals surface area (Å²) in [5.41, 5.74) is 0.942. The first-order valence-corrected chi connectivity index (χ1v) is 10.9. The summed E-state index contributed by atoms with van der Waals surface area (Å²) in [5, 5.41) is 5.77. The molecule has 7 nitrogen and oxygen atoms in total. The number of nitrogens with zero attached hydrogens (tertiary/aromatic N) is 1. The van der Waals surface area contributed by atoms with Crippen LogP contribution in [-0.2, 0) is 14.3 Å². The van der Waals surface area contributed by atoms with Crippen LogP contribution in [0.5, 0.6) is 0 Å². The molecule has 29 heavy (non-hydrogen) atoms. The number of imide groups is 1. The number of ether oxygens (including phenoxy) is 1. The molecule has 0 radical (unpaired) electrons. The normalized spacial score (nSPS) is 20.1. The first-order chi connectivity index (χ1) is 14.0. The van der Waals surface area contributed by atoms with E-state index in [2.05, 4.69) is 10.6 Å². The second kappa shape index (κ2) is 9.82. The van der Waals surface area contributed by atoms with Crippen molar-refractivity contribution in [3.8, 4) is 0 Å². The number of thiazole rings is 1. The van der Waals surface area contributed by atoms with Gasteiger partial charge < -0.3 is 10.1 Å². The van der Waals surface area contributed by atoms with Gasteiger partial charge in [-0.25, -0.2) is 9.78 Å². The molecule has 1 fully saturated rings. The summed E-state index contributed by atoms with van der Waals surface area (Å²) in [6.45, 7) is 3.31. The molecule has 1 aromatic carbocycles. The third-order valence-corrected chi connectivity index (χ3v) is 6.45. The van der Waals surface area contributed by atoms with E-state index in [9.17, 15) is 14.4 Å². The van der Waals surface area contributed by atoms with Gasteiger partial charge in [-0.3, -0.25) is 14.9 Å². The Morgan fingerprint density at radius 2 is 2.00 bits per heavy atom. The van der Waals surface area contributed by atoms with Crippen LogP contribution >= 0.6 is 11.3 Å². The number of nitrogens with one attached hydrogen (secondary N) is 2. The zero-order valence-electron chi connectivity index (χ0n) is 16.8. The Bertz CT molecular complexity index is 849. The Balaban J connectivity index is 1.58. The lowest BCUT2D eigenvalue weighted by Gasteiger charge is -2.28. The molecule has 3 rings (SSSR count). The Morgan fingerprint density at radius 1 is 1.24 bits per heavy atom. The number of carbonyl (C=O) groups is 3. The van der Waals surface area contributed by atoms with Crippen molar-refractivity contribution in [1.29, 1.82) is 0 Å². The van der Waals surface area contributed by atoms with Crippen LogP contribution in [0.4, 0.5) is 4.79 Å². The van der Waals surface area contributed by atoms with Crippen LogP contribution in [0.15, 0.2) is 24.3 Å². The lowest BCUT2D eigenvalue weighted by atomic mass is 9.79. The highest BCUT2D eigenvalue weighted by Gasteiger charge is 2.35. The van der Waals surface area contributed by atoms with Gasteiger partial charge in [0.1, 0.15) is 0 Å². The average Bonchev–Trinajstić information content (AvgIpc) is 3.16. The van der Waals surface area contributed by atoms with Gasteiger partial charge in [-0.05, 0) is 38.3 Å². The fourth-order valence-corrected chi connectivity index (χ4v) is 4.69. The van der Waals surface area contributed by atoms with Crippen LogP contribution in [0.2, 0.25) is 0 Å². The third kappa shape index (κ3) is 5.53. The van der Waals surface area contributed by atoms with Gasteiger partial charge >= 0.3 is 12.0 Å². The van der Waals surface area contributed by atoms with E-state index in [4.69, 9.17) is 9.72 Å². The second-order valence-electron chi connectivity index (χ2n) is 7.46. The van der Waals surface area contributed by atoms with E-state index in [1.165, 1.54) is 0 Å². The molecular weight excluding hydrogens is 390 g/mol. The molecule has 0 bridgehead atoms. The summed E-state index contributed by atoms with van der Waals surface area (Å²) in [7, 11) is 0. The smallest absolute Gasteiger partial charge is 0.321 e. The molecule has 3 amide bonds. The summed E-state index contributed by atoms with van der Waals surface area (Å²) < 4.78 is 6.35. The van der Waals surface area contributed by atoms with Crippen LogP contribution in [0, 0.1) is 5.92 Å². The number of benzene rings is 1. The van der Waals surface area contributed by atoms with Crippen LogP contribution in [0.1, 0.15) is 56.9 Å². The molecule has 1 aliphatic rings. The van der Waals surface area contributed by atoms with Gasteiger partial charge in [0.2, 0.25) is 0 Å². The number of para-hydroxylation sites is 1. The molecule has 1 aliphatic carbocycles. The van der Waals surface area contributed by atoms with E-state index in [1.807, 2.05) is 38.1 Å². The summed E-state index contributed by atoms with van der Waals surface area (Å²) in [6.07, 6.45) is 4.34. The maximum Gasteiger partial charge on any atom is 0.321 e. The molecule has 0 spiro atoms. The Morgan fingerprint density at radius 3 is 2.76 bits per heavy atom. The Hall–Kier alpha value is -2.48. The van der Waals surface area contributed by atoms with Crippen molar-refractivity contribution < 1.29 is 19.1 Å². The molecule has 2 aromatic rings. The molecule has 2 N–H and O–H groups in total. The molecule has 8 heteroatoms.